The summed E-state index contributed by atoms with van der Waals surface area (Å²) in [6.07, 6.45) is 7.90. The smallest absolute Gasteiger partial charge is 0.309 e. The zero-order chi connectivity index (χ0) is 15.0. The van der Waals surface area contributed by atoms with Gasteiger partial charge in [-0.05, 0) is 43.9 Å². The first kappa shape index (κ1) is 14.9. The van der Waals surface area contributed by atoms with Crippen LogP contribution in [-0.2, 0) is 9.59 Å². The molecule has 0 aromatic heterocycles. The molecule has 2 atom stereocenters. The van der Waals surface area contributed by atoms with Crippen LogP contribution in [0.2, 0.25) is 0 Å². The molecule has 4 heteroatoms. The van der Waals surface area contributed by atoms with Crippen molar-refractivity contribution in [2.24, 2.45) is 23.2 Å². The lowest BCUT2D eigenvalue weighted by Gasteiger charge is -2.39. The van der Waals surface area contributed by atoms with E-state index in [9.17, 15) is 14.7 Å². The first-order valence-electron chi connectivity index (χ1n) is 8.61. The zero-order valence-corrected chi connectivity index (χ0v) is 13.0. The van der Waals surface area contributed by atoms with Crippen LogP contribution in [0.4, 0.5) is 0 Å². The third-order valence-corrected chi connectivity index (χ3v) is 6.16. The second-order valence-electron chi connectivity index (χ2n) is 7.30. The lowest BCUT2D eigenvalue weighted by Crippen LogP contribution is -2.47. The number of rotatable bonds is 4. The first-order chi connectivity index (χ1) is 10.1. The minimum absolute atomic E-state index is 0.274. The van der Waals surface area contributed by atoms with Gasteiger partial charge in [-0.1, -0.05) is 26.2 Å². The number of hydrogen-bond donors (Lipinski definition) is 1. The molecule has 118 valence electrons. The molecule has 2 aliphatic carbocycles. The van der Waals surface area contributed by atoms with Gasteiger partial charge in [-0.15, -0.1) is 0 Å². The number of carboxylic acid groups (broad SMARTS) is 1. The van der Waals surface area contributed by atoms with E-state index in [1.807, 2.05) is 11.8 Å². The Bertz CT molecular complexity index is 414. The van der Waals surface area contributed by atoms with E-state index in [1.54, 1.807) is 0 Å². The van der Waals surface area contributed by atoms with Crippen LogP contribution in [0.15, 0.2) is 0 Å². The molecule has 4 nitrogen and oxygen atoms in total. The van der Waals surface area contributed by atoms with Crippen LogP contribution in [0.25, 0.3) is 0 Å². The summed E-state index contributed by atoms with van der Waals surface area (Å²) < 4.78 is 0. The number of likely N-dealkylation sites (tertiary alicyclic amines) is 1. The van der Waals surface area contributed by atoms with Gasteiger partial charge in [0.25, 0.3) is 0 Å². The Labute approximate surface area is 126 Å². The van der Waals surface area contributed by atoms with Crippen LogP contribution >= 0.6 is 0 Å². The Morgan fingerprint density at radius 3 is 2.19 bits per heavy atom. The summed E-state index contributed by atoms with van der Waals surface area (Å²) in [7, 11) is 0. The third-order valence-electron chi connectivity index (χ3n) is 6.16. The van der Waals surface area contributed by atoms with Gasteiger partial charge in [0.1, 0.15) is 0 Å². The largest absolute Gasteiger partial charge is 0.481 e. The Morgan fingerprint density at radius 2 is 1.71 bits per heavy atom. The van der Waals surface area contributed by atoms with Crippen molar-refractivity contribution in [3.8, 4) is 0 Å². The summed E-state index contributed by atoms with van der Waals surface area (Å²) in [5, 5.41) is 9.53. The third kappa shape index (κ3) is 2.58. The molecule has 1 N–H and O–H groups in total. The fraction of sp³-hybridized carbons (Fsp3) is 0.882. The van der Waals surface area contributed by atoms with Crippen molar-refractivity contribution in [2.75, 3.05) is 13.1 Å². The minimum atomic E-state index is -0.670. The van der Waals surface area contributed by atoms with E-state index >= 15 is 0 Å². The normalized spacial score (nSPS) is 34.1. The van der Waals surface area contributed by atoms with Gasteiger partial charge < -0.3 is 10.0 Å². The highest BCUT2D eigenvalue weighted by atomic mass is 16.4. The predicted octanol–water partition coefficient (Wildman–Crippen LogP) is 2.92. The molecule has 0 bridgehead atoms. The molecule has 3 rings (SSSR count). The second kappa shape index (κ2) is 5.62. The quantitative estimate of drug-likeness (QED) is 0.867. The molecule has 0 aromatic rings. The monoisotopic (exact) mass is 293 g/mol. The molecule has 0 spiro atoms. The van der Waals surface area contributed by atoms with Gasteiger partial charge in [-0.25, -0.2) is 0 Å². The second-order valence-corrected chi connectivity index (χ2v) is 7.30. The van der Waals surface area contributed by atoms with Crippen LogP contribution in [0.5, 0.6) is 0 Å². The molecular weight excluding hydrogens is 266 g/mol. The maximum Gasteiger partial charge on any atom is 0.309 e. The highest BCUT2D eigenvalue weighted by molar-refractivity contribution is 5.83. The molecule has 2 saturated carbocycles. The maximum atomic E-state index is 12.6. The topological polar surface area (TPSA) is 57.6 Å². The average molecular weight is 293 g/mol. The van der Waals surface area contributed by atoms with Crippen molar-refractivity contribution in [2.45, 2.75) is 58.3 Å². The van der Waals surface area contributed by atoms with Gasteiger partial charge in [0.05, 0.1) is 5.41 Å². The molecule has 3 aliphatic rings. The van der Waals surface area contributed by atoms with E-state index in [1.165, 1.54) is 25.7 Å². The molecule has 0 radical (unpaired) electrons. The van der Waals surface area contributed by atoms with Gasteiger partial charge in [-0.3, -0.25) is 9.59 Å². The number of nitrogens with zero attached hydrogens (tertiary/aromatic N) is 1. The standard InChI is InChI=1S/C17H27NO3/c1-2-7-17(16(20)21)8-10-18(11-9-17)15(19)14-12-5-3-4-6-13(12)14/h12-14H,2-11H2,1H3,(H,20,21). The molecule has 1 amide bonds. The fourth-order valence-corrected chi connectivity index (χ4v) is 4.77. The van der Waals surface area contributed by atoms with E-state index in [4.69, 9.17) is 0 Å². The van der Waals surface area contributed by atoms with E-state index in [0.29, 0.717) is 43.7 Å². The van der Waals surface area contributed by atoms with Gasteiger partial charge >= 0.3 is 5.97 Å². The van der Waals surface area contributed by atoms with Gasteiger partial charge in [-0.2, -0.15) is 0 Å². The molecule has 1 aliphatic heterocycles. The summed E-state index contributed by atoms with van der Waals surface area (Å²) in [5.74, 6) is 1.22. The number of carboxylic acids is 1. The van der Waals surface area contributed by atoms with Crippen molar-refractivity contribution in [1.29, 1.82) is 0 Å². The van der Waals surface area contributed by atoms with Crippen molar-refractivity contribution in [1.82, 2.24) is 4.90 Å². The Morgan fingerprint density at radius 1 is 1.14 bits per heavy atom. The fourth-order valence-electron chi connectivity index (χ4n) is 4.77. The van der Waals surface area contributed by atoms with Crippen LogP contribution in [0, 0.1) is 23.2 Å². The maximum absolute atomic E-state index is 12.6. The predicted molar refractivity (Wildman–Crippen MR) is 79.7 cm³/mol. The van der Waals surface area contributed by atoms with Gasteiger partial charge in [0, 0.05) is 19.0 Å². The highest BCUT2D eigenvalue weighted by Gasteiger charge is 2.56. The molecule has 1 heterocycles. The number of hydrogen-bond acceptors (Lipinski definition) is 2. The number of amides is 1. The van der Waals surface area contributed by atoms with E-state index in [2.05, 4.69) is 0 Å². The average Bonchev–Trinajstić information content (AvgIpc) is 3.21. The van der Waals surface area contributed by atoms with Gasteiger partial charge in [0.15, 0.2) is 0 Å². The Kier molecular flexibility index (Phi) is 3.98. The molecule has 3 fully saturated rings. The van der Waals surface area contributed by atoms with E-state index < -0.39 is 11.4 Å². The lowest BCUT2D eigenvalue weighted by atomic mass is 9.75. The Balaban J connectivity index is 1.58. The number of carbonyl (C=O) groups excluding carboxylic acids is 1. The van der Waals surface area contributed by atoms with Crippen molar-refractivity contribution in [3.05, 3.63) is 0 Å². The summed E-state index contributed by atoms with van der Waals surface area (Å²) in [6, 6.07) is 0. The van der Waals surface area contributed by atoms with Crippen molar-refractivity contribution < 1.29 is 14.7 Å². The van der Waals surface area contributed by atoms with E-state index in [-0.39, 0.29) is 5.92 Å². The number of fused-ring (bicyclic) bond motifs is 1. The van der Waals surface area contributed by atoms with Gasteiger partial charge in [0.2, 0.25) is 5.91 Å². The lowest BCUT2D eigenvalue weighted by molar-refractivity contribution is -0.155. The number of piperidine rings is 1. The summed E-state index contributed by atoms with van der Waals surface area (Å²) in [4.78, 5) is 26.2. The first-order valence-corrected chi connectivity index (χ1v) is 8.61. The van der Waals surface area contributed by atoms with Crippen molar-refractivity contribution in [3.63, 3.8) is 0 Å². The Hall–Kier alpha value is -1.06. The summed E-state index contributed by atoms with van der Waals surface area (Å²) in [6.45, 7) is 3.32. The van der Waals surface area contributed by atoms with Crippen LogP contribution in [-0.4, -0.2) is 35.0 Å². The summed E-state index contributed by atoms with van der Waals surface area (Å²) in [5.41, 5.74) is -0.582. The number of aliphatic carboxylic acids is 1. The van der Waals surface area contributed by atoms with Crippen LogP contribution < -0.4 is 0 Å². The summed E-state index contributed by atoms with van der Waals surface area (Å²) >= 11 is 0. The zero-order valence-electron chi connectivity index (χ0n) is 13.0. The molecule has 21 heavy (non-hydrogen) atoms. The van der Waals surface area contributed by atoms with E-state index in [0.717, 1.165) is 12.8 Å². The molecule has 0 aromatic carbocycles. The minimum Gasteiger partial charge on any atom is -0.481 e. The molecular formula is C17H27NO3. The van der Waals surface area contributed by atoms with Crippen LogP contribution in [0.3, 0.4) is 0 Å². The molecule has 2 unspecified atom stereocenters. The SMILES string of the molecule is CCCC1(C(=O)O)CCN(C(=O)C2C3CCCCC32)CC1. The van der Waals surface area contributed by atoms with Crippen molar-refractivity contribution >= 4 is 11.9 Å². The molecule has 1 saturated heterocycles. The highest BCUT2D eigenvalue weighted by Crippen LogP contribution is 2.56. The van der Waals surface area contributed by atoms with Crippen LogP contribution in [0.1, 0.15) is 58.3 Å². The number of carbonyl (C=O) groups is 2.